The molecule has 4 aliphatic heterocycles. The number of amides is 14. The van der Waals surface area contributed by atoms with E-state index in [4.69, 9.17) is 21.0 Å². The van der Waals surface area contributed by atoms with Crippen LogP contribution >= 0.6 is 31.9 Å². The van der Waals surface area contributed by atoms with Crippen molar-refractivity contribution in [3.05, 3.63) is 134 Å². The first-order valence-corrected chi connectivity index (χ1v) is 38.7. The molecule has 4 heterocycles. The third-order valence-electron chi connectivity index (χ3n) is 18.9. The van der Waals surface area contributed by atoms with Gasteiger partial charge in [0.25, 0.3) is 0 Å². The second-order valence-corrected chi connectivity index (χ2v) is 30.2. The minimum absolute atomic E-state index is 0.299. The molecule has 43 nitrogen and oxygen atoms in total. The monoisotopic (exact) mass is 1800 g/mol. The van der Waals surface area contributed by atoms with Crippen LogP contribution in [0.25, 0.3) is 6.08 Å². The largest absolute Gasteiger partial charge is 0.548 e. The predicted octanol–water partition coefficient (Wildman–Crippen LogP) is -12.0. The first-order chi connectivity index (χ1) is 56.3. The van der Waals surface area contributed by atoms with Crippen LogP contribution in [0.15, 0.2) is 117 Å². The number of hydrogen-bond donors (Lipinski definition) is 24. The number of nitrogens with two attached hydrogens (primary N) is 2. The summed E-state index contributed by atoms with van der Waals surface area (Å²) in [7, 11) is 0. The number of carboxylic acid groups (broad SMARTS) is 1. The van der Waals surface area contributed by atoms with E-state index < -0.39 is 300 Å². The van der Waals surface area contributed by atoms with Crippen molar-refractivity contribution in [1.82, 2.24) is 68.7 Å². The number of benzene rings is 3. The van der Waals surface area contributed by atoms with E-state index in [1.165, 1.54) is 30.3 Å². The van der Waals surface area contributed by atoms with Crippen LogP contribution in [-0.2, 0) is 94.3 Å². The van der Waals surface area contributed by atoms with E-state index in [1.54, 1.807) is 73.7 Å². The topological polar surface area (TPSA) is 684 Å². The van der Waals surface area contributed by atoms with Crippen LogP contribution in [0.3, 0.4) is 0 Å². The fourth-order valence-electron chi connectivity index (χ4n) is 12.5. The first-order valence-electron chi connectivity index (χ1n) is 37.1. The molecule has 7 rings (SSSR count). The van der Waals surface area contributed by atoms with Crippen LogP contribution in [0.5, 0.6) is 0 Å². The van der Waals surface area contributed by atoms with Gasteiger partial charge in [-0.3, -0.25) is 67.1 Å². The Bertz CT molecular complexity index is 4250. The molecule has 1 unspecified atom stereocenters. The Morgan fingerprint density at radius 1 is 0.613 bits per heavy atom. The molecule has 20 atom stereocenters. The molecule has 3 aromatic rings. The van der Waals surface area contributed by atoms with Crippen LogP contribution < -0.4 is 85.4 Å². The molecular weight excluding hydrogens is 1700 g/mol. The molecule has 0 spiro atoms. The Hall–Kier alpha value is -10.8. The number of carbonyl (C=O) groups is 15. The number of rotatable bonds is 18. The fraction of sp³-hybridized carbons (Fsp3) is 0.473. The van der Waals surface area contributed by atoms with Crippen molar-refractivity contribution >= 4 is 127 Å². The van der Waals surface area contributed by atoms with Gasteiger partial charge in [-0.15, -0.1) is 5.06 Å². The zero-order chi connectivity index (χ0) is 87.6. The Morgan fingerprint density at radius 3 is 1.78 bits per heavy atom. The van der Waals surface area contributed by atoms with Gasteiger partial charge in [0.05, 0.1) is 88.2 Å². The summed E-state index contributed by atoms with van der Waals surface area (Å²) < 4.78 is 6.53. The highest BCUT2D eigenvalue weighted by Gasteiger charge is 2.46. The van der Waals surface area contributed by atoms with Crippen molar-refractivity contribution in [2.45, 2.75) is 181 Å². The molecule has 45 heteroatoms. The van der Waals surface area contributed by atoms with Crippen molar-refractivity contribution < 1.29 is 138 Å². The number of carbonyl (C=O) groups excluding carboxylic acids is 15. The number of aliphatic hydroxyl groups excluding tert-OH is 9. The molecule has 119 heavy (non-hydrogen) atoms. The van der Waals surface area contributed by atoms with Gasteiger partial charge in [-0.25, -0.2) is 0 Å². The molecule has 26 N–H and O–H groups in total. The number of quaternary nitrogens is 1. The molecule has 1 fully saturated rings. The first kappa shape index (κ1) is 95.4. The van der Waals surface area contributed by atoms with E-state index in [0.717, 1.165) is 22.5 Å². The third-order valence-corrected chi connectivity index (χ3v) is 20.0. The number of halogens is 2. The van der Waals surface area contributed by atoms with E-state index in [0.29, 0.717) is 26.7 Å². The van der Waals surface area contributed by atoms with E-state index >= 15 is 9.59 Å². The lowest BCUT2D eigenvalue weighted by Gasteiger charge is -2.35. The molecule has 648 valence electrons. The van der Waals surface area contributed by atoms with E-state index in [1.807, 2.05) is 5.32 Å². The molecular formula is C74H96Br2N16O27. The Labute approximate surface area is 695 Å². The van der Waals surface area contributed by atoms with E-state index in [2.05, 4.69) is 90.3 Å². The normalized spacial score (nSPS) is 28.8. The number of nitrogens with zero attached hydrogens (tertiary/aromatic N) is 1. The van der Waals surface area contributed by atoms with Crippen molar-refractivity contribution in [2.24, 2.45) is 11.5 Å². The van der Waals surface area contributed by atoms with Crippen LogP contribution in [0.4, 0.5) is 0 Å². The molecule has 3 aromatic carbocycles. The number of nitrogens with one attached hydrogen (secondary N) is 13. The Morgan fingerprint density at radius 2 is 1.16 bits per heavy atom. The quantitative estimate of drug-likeness (QED) is 0.0526. The average Bonchev–Trinajstić information content (AvgIpc) is 1.74. The number of ether oxygens (including phenoxy) is 1. The van der Waals surface area contributed by atoms with Gasteiger partial charge in [-0.05, 0) is 61.2 Å². The van der Waals surface area contributed by atoms with Crippen molar-refractivity contribution in [2.75, 3.05) is 39.6 Å². The minimum atomic E-state index is -2.72. The van der Waals surface area contributed by atoms with Gasteiger partial charge < -0.3 is 141 Å². The molecule has 0 radical (unpaired) electrons. The standard InChI is InChI=1S/C74H96Br2N16O27/c1-34(8-9-36-10-14-39(75)15-11-36)20-52(97)43-27-57(101)82-50(30-93)69(111)87-49-29-91-28-41(92(33-91)119-53-32-118-74(117)62(104)60(53)102)23-46(66(108)89-58(35(2)95)71(113)88-51(31-94)70(112)84-45(65(107)83-43)21-37-6-4-3-5-7-37)80-56(100)25-42(96)24-48(73(115)116)81-55(99)18-19-79-64(106)44(22-38-12-16-40(76)17-13-38)86-72(114)59(61(103)63(78)105)90-67(109)47(26-54(77)98)85-68(49)110/h3-17,20,28,35,42-53,58-62,74,93-97,102-104,117H,18-19,21-27,29-33H2,1-2H3,(H2,77,98)(H2,78,105)(H,79,106)(H,80,100)(H,81,99)(H,82,101)(H,83,107)(H,84,112)(H,85,110)(H,86,114)(H,87,111)(H,88,113)(H,89,108)(H,90,109)(H,115,116)/b9-8+,34-20+/t35-,42+,43-,44-,45-,46-,47-,48-,49+,50-,51-,52-,53+,58-,59-,60+,61+,62-,74+/m0/s1. The number of aliphatic carboxylic acids is 1. The van der Waals surface area contributed by atoms with Gasteiger partial charge in [0.1, 0.15) is 66.6 Å². The lowest BCUT2D eigenvalue weighted by Crippen LogP contribution is -3.10. The second-order valence-electron chi connectivity index (χ2n) is 28.4. The maximum atomic E-state index is 15.3. The third kappa shape index (κ3) is 29.3. The summed E-state index contributed by atoms with van der Waals surface area (Å²) in [5.74, 6) is -21.4. The number of fused-ring (bicyclic) bond motifs is 2. The average molecular weight is 1800 g/mol. The van der Waals surface area contributed by atoms with Gasteiger partial charge in [0.15, 0.2) is 30.9 Å². The number of hydroxylamine groups is 2. The summed E-state index contributed by atoms with van der Waals surface area (Å²) in [6, 6.07) is -2.23. The van der Waals surface area contributed by atoms with Crippen LogP contribution in [0.2, 0.25) is 0 Å². The van der Waals surface area contributed by atoms with Crippen molar-refractivity contribution in [1.29, 1.82) is 0 Å². The van der Waals surface area contributed by atoms with Crippen LogP contribution in [-0.4, -0.2) is 295 Å². The number of allylic oxidation sites excluding steroid dienone is 2. The Balaban J connectivity index is 1.41. The van der Waals surface area contributed by atoms with Gasteiger partial charge in [-0.2, -0.15) is 4.84 Å². The highest BCUT2D eigenvalue weighted by Crippen LogP contribution is 2.21. The van der Waals surface area contributed by atoms with Crippen LogP contribution in [0, 0.1) is 0 Å². The number of hydrogen-bond acceptors (Lipinski definition) is 28. The van der Waals surface area contributed by atoms with E-state index in [-0.39, 0.29) is 5.70 Å². The summed E-state index contributed by atoms with van der Waals surface area (Å²) in [6.07, 6.45) is -17.8. The number of primary amides is 2. The zero-order valence-electron chi connectivity index (χ0n) is 63.9. The molecule has 0 aromatic heterocycles. The highest BCUT2D eigenvalue weighted by molar-refractivity contribution is 9.10. The maximum Gasteiger partial charge on any atom is 0.248 e. The summed E-state index contributed by atoms with van der Waals surface area (Å²) in [5.41, 5.74) is 12.5. The lowest BCUT2D eigenvalue weighted by atomic mass is 10.0. The predicted molar refractivity (Wildman–Crippen MR) is 414 cm³/mol. The lowest BCUT2D eigenvalue weighted by molar-refractivity contribution is -1.07. The van der Waals surface area contributed by atoms with Gasteiger partial charge >= 0.3 is 0 Å². The van der Waals surface area contributed by atoms with Gasteiger partial charge in [0, 0.05) is 41.2 Å². The summed E-state index contributed by atoms with van der Waals surface area (Å²) in [4.78, 5) is 221. The molecule has 4 aliphatic rings. The maximum absolute atomic E-state index is 15.3. The molecule has 14 amide bonds. The minimum Gasteiger partial charge on any atom is -0.548 e. The second kappa shape index (κ2) is 45.4. The fourth-order valence-corrected chi connectivity index (χ4v) is 13.1. The molecule has 4 bridgehead atoms. The number of carboxylic acids is 1. The number of aliphatic hydroxyl groups is 9. The Kier molecular flexibility index (Phi) is 36.4. The molecule has 0 saturated carbocycles. The van der Waals surface area contributed by atoms with Crippen molar-refractivity contribution in [3.63, 3.8) is 0 Å². The van der Waals surface area contributed by atoms with Crippen LogP contribution in [0.1, 0.15) is 69.1 Å². The van der Waals surface area contributed by atoms with E-state index in [9.17, 15) is 113 Å². The summed E-state index contributed by atoms with van der Waals surface area (Å²) in [5, 5.41) is 140. The summed E-state index contributed by atoms with van der Waals surface area (Å²) >= 11 is 6.65. The van der Waals surface area contributed by atoms with Gasteiger partial charge in [0.2, 0.25) is 82.7 Å². The zero-order valence-corrected chi connectivity index (χ0v) is 67.1. The SMILES string of the molecule is CC(/C=C/c1ccc(Br)cc1)=C\[C@H](O)[C@@H]1CC(=O)N[C@@H](CO)C(=O)N[C@@H]2CN3C=C(C[C@H](NC(=O)C[C@H](O)C[C@@H](C(=O)[O-])NC(=O)CCNC(=O)[C@H](Cc4ccc(Br)cc4)NC(=O)[C@H]([C@@H](O)C(N)=O)NC(=O)[C@H](CC(N)=O)NC2=O)C(=O)N[C@@H]([C@H](C)O)C(=O)N[C@@H](CO)C(=O)N[C@@H](Cc2ccccc2)C(=O)N1)[NH+](O[C@@H]1CO[C@@H](O)[C@@H](O)[C@@H]1O)C3. The smallest absolute Gasteiger partial charge is 0.248 e. The van der Waals surface area contributed by atoms with Crippen molar-refractivity contribution in [3.8, 4) is 0 Å². The highest BCUT2D eigenvalue weighted by atomic mass is 79.9. The molecule has 0 aliphatic carbocycles. The van der Waals surface area contributed by atoms with Gasteiger partial charge in [-0.1, -0.05) is 110 Å². The molecule has 1 saturated heterocycles. The summed E-state index contributed by atoms with van der Waals surface area (Å²) in [6.45, 7) is -3.15.